The zero-order chi connectivity index (χ0) is 14.5. The molecule has 0 unspecified atom stereocenters. The molecule has 0 amide bonds. The van der Waals surface area contributed by atoms with E-state index in [1.54, 1.807) is 7.05 Å². The van der Waals surface area contributed by atoms with Gasteiger partial charge in [0.05, 0.1) is 10.7 Å². The van der Waals surface area contributed by atoms with Gasteiger partial charge in [0, 0.05) is 13.6 Å². The maximum absolute atomic E-state index is 13.2. The molecular formula is C11H17ClFN3O2S. The van der Waals surface area contributed by atoms with Crippen molar-refractivity contribution in [3.63, 3.8) is 0 Å². The zero-order valence-electron chi connectivity index (χ0n) is 10.8. The molecule has 1 rings (SSSR count). The average Bonchev–Trinajstić information content (AvgIpc) is 2.33. The SMILES string of the molecule is CNCCCN(C)S(=O)(=O)Nc1ccc(Cl)c(F)c1. The van der Waals surface area contributed by atoms with Gasteiger partial charge in [0.2, 0.25) is 0 Å². The quantitative estimate of drug-likeness (QED) is 0.753. The highest BCUT2D eigenvalue weighted by atomic mass is 35.5. The smallest absolute Gasteiger partial charge is 0.301 e. The maximum Gasteiger partial charge on any atom is 0.301 e. The van der Waals surface area contributed by atoms with Crippen molar-refractivity contribution in [3.8, 4) is 0 Å². The molecule has 0 heterocycles. The Labute approximate surface area is 117 Å². The first kappa shape index (κ1) is 16.2. The second-order valence-corrected chi connectivity index (χ2v) is 6.20. The fraction of sp³-hybridized carbons (Fsp3) is 0.455. The van der Waals surface area contributed by atoms with Crippen LogP contribution in [0.3, 0.4) is 0 Å². The van der Waals surface area contributed by atoms with Crippen LogP contribution in [0.2, 0.25) is 5.02 Å². The molecule has 0 spiro atoms. The van der Waals surface area contributed by atoms with Gasteiger partial charge in [-0.25, -0.2) is 4.39 Å². The zero-order valence-corrected chi connectivity index (χ0v) is 12.4. The summed E-state index contributed by atoms with van der Waals surface area (Å²) in [5, 5.41) is 2.88. The first-order valence-corrected chi connectivity index (χ1v) is 7.52. The molecule has 0 aliphatic heterocycles. The van der Waals surface area contributed by atoms with Crippen LogP contribution in [0.4, 0.5) is 10.1 Å². The van der Waals surface area contributed by atoms with E-state index < -0.39 is 16.0 Å². The number of nitrogens with zero attached hydrogens (tertiary/aromatic N) is 1. The summed E-state index contributed by atoms with van der Waals surface area (Å²) < 4.78 is 40.5. The molecule has 2 N–H and O–H groups in total. The highest BCUT2D eigenvalue weighted by molar-refractivity contribution is 7.90. The summed E-state index contributed by atoms with van der Waals surface area (Å²) in [4.78, 5) is 0. The van der Waals surface area contributed by atoms with E-state index in [1.165, 1.54) is 23.5 Å². The molecule has 1 aromatic rings. The number of anilines is 1. The van der Waals surface area contributed by atoms with Gasteiger partial charge in [-0.05, 0) is 38.2 Å². The lowest BCUT2D eigenvalue weighted by Crippen LogP contribution is -2.34. The minimum atomic E-state index is -3.68. The van der Waals surface area contributed by atoms with Crippen molar-refractivity contribution in [2.24, 2.45) is 0 Å². The molecule has 0 aliphatic rings. The molecule has 0 aliphatic carbocycles. The van der Waals surface area contributed by atoms with Crippen LogP contribution in [0.15, 0.2) is 18.2 Å². The molecule has 0 aromatic heterocycles. The first-order valence-electron chi connectivity index (χ1n) is 5.70. The minimum absolute atomic E-state index is 0.0506. The van der Waals surface area contributed by atoms with Crippen molar-refractivity contribution in [1.29, 1.82) is 0 Å². The summed E-state index contributed by atoms with van der Waals surface area (Å²) in [5.41, 5.74) is 0.141. The molecular weight excluding hydrogens is 293 g/mol. The molecule has 0 saturated heterocycles. The van der Waals surface area contributed by atoms with Gasteiger partial charge >= 0.3 is 10.2 Å². The van der Waals surface area contributed by atoms with Crippen molar-refractivity contribution < 1.29 is 12.8 Å². The maximum atomic E-state index is 13.2. The molecule has 1 aromatic carbocycles. The van der Waals surface area contributed by atoms with Crippen LogP contribution in [0.1, 0.15) is 6.42 Å². The molecule has 5 nitrogen and oxygen atoms in total. The van der Waals surface area contributed by atoms with Gasteiger partial charge in [-0.2, -0.15) is 12.7 Å². The molecule has 0 fully saturated rings. The number of rotatable bonds is 7. The average molecular weight is 310 g/mol. The standard InChI is InChI=1S/C11H17ClFN3O2S/c1-14-6-3-7-16(2)19(17,18)15-9-4-5-10(12)11(13)8-9/h4-5,8,14-15H,3,6-7H2,1-2H3. The molecule has 0 bridgehead atoms. The topological polar surface area (TPSA) is 61.4 Å². The Morgan fingerprint density at radius 1 is 1.42 bits per heavy atom. The molecule has 8 heteroatoms. The lowest BCUT2D eigenvalue weighted by molar-refractivity contribution is 0.462. The van der Waals surface area contributed by atoms with Crippen LogP contribution in [0, 0.1) is 5.82 Å². The van der Waals surface area contributed by atoms with E-state index in [9.17, 15) is 12.8 Å². The third kappa shape index (κ3) is 4.94. The molecule has 0 radical (unpaired) electrons. The lowest BCUT2D eigenvalue weighted by atomic mass is 10.3. The Bertz CT molecular complexity index is 525. The molecule has 0 atom stereocenters. The van der Waals surface area contributed by atoms with Crippen LogP contribution in [-0.2, 0) is 10.2 Å². The van der Waals surface area contributed by atoms with Crippen LogP contribution < -0.4 is 10.0 Å². The Balaban J connectivity index is 2.70. The van der Waals surface area contributed by atoms with Crippen molar-refractivity contribution in [2.45, 2.75) is 6.42 Å². The van der Waals surface area contributed by atoms with Gasteiger partial charge in [-0.3, -0.25) is 4.72 Å². The second kappa shape index (κ2) is 7.04. The van der Waals surface area contributed by atoms with Crippen LogP contribution in [0.25, 0.3) is 0 Å². The van der Waals surface area contributed by atoms with E-state index in [4.69, 9.17) is 11.6 Å². The van der Waals surface area contributed by atoms with Gasteiger partial charge in [0.1, 0.15) is 5.82 Å². The van der Waals surface area contributed by atoms with E-state index in [1.807, 2.05) is 0 Å². The third-order valence-electron chi connectivity index (χ3n) is 2.48. The van der Waals surface area contributed by atoms with Gasteiger partial charge < -0.3 is 5.32 Å². The fourth-order valence-electron chi connectivity index (χ4n) is 1.39. The summed E-state index contributed by atoms with van der Waals surface area (Å²) in [6, 6.07) is 3.75. The van der Waals surface area contributed by atoms with E-state index in [0.717, 1.165) is 12.6 Å². The van der Waals surface area contributed by atoms with E-state index in [-0.39, 0.29) is 10.7 Å². The highest BCUT2D eigenvalue weighted by Crippen LogP contribution is 2.19. The van der Waals surface area contributed by atoms with Gasteiger partial charge in [-0.15, -0.1) is 0 Å². The van der Waals surface area contributed by atoms with Crippen LogP contribution in [-0.4, -0.2) is 39.9 Å². The number of halogens is 2. The molecule has 0 saturated carbocycles. The number of hydrogen-bond acceptors (Lipinski definition) is 3. The van der Waals surface area contributed by atoms with E-state index in [0.29, 0.717) is 13.0 Å². The van der Waals surface area contributed by atoms with E-state index in [2.05, 4.69) is 10.0 Å². The van der Waals surface area contributed by atoms with E-state index >= 15 is 0 Å². The molecule has 108 valence electrons. The first-order chi connectivity index (χ1) is 8.86. The summed E-state index contributed by atoms with van der Waals surface area (Å²) in [5.74, 6) is -0.667. The monoisotopic (exact) mass is 309 g/mol. The molecule has 19 heavy (non-hydrogen) atoms. The largest absolute Gasteiger partial charge is 0.320 e. The number of hydrogen-bond donors (Lipinski definition) is 2. The predicted octanol–water partition coefficient (Wildman–Crippen LogP) is 1.68. The summed E-state index contributed by atoms with van der Waals surface area (Å²) in [7, 11) is -0.420. The predicted molar refractivity (Wildman–Crippen MR) is 75.1 cm³/mol. The Hall–Kier alpha value is -0.890. The highest BCUT2D eigenvalue weighted by Gasteiger charge is 2.17. The van der Waals surface area contributed by atoms with Gasteiger partial charge in [-0.1, -0.05) is 11.6 Å². The van der Waals surface area contributed by atoms with Crippen molar-refractivity contribution in [1.82, 2.24) is 9.62 Å². The van der Waals surface area contributed by atoms with Crippen LogP contribution in [0.5, 0.6) is 0 Å². The Morgan fingerprint density at radius 3 is 2.68 bits per heavy atom. The minimum Gasteiger partial charge on any atom is -0.320 e. The number of nitrogens with one attached hydrogen (secondary N) is 2. The Morgan fingerprint density at radius 2 is 2.11 bits per heavy atom. The summed E-state index contributed by atoms with van der Waals surface area (Å²) >= 11 is 5.53. The lowest BCUT2D eigenvalue weighted by Gasteiger charge is -2.18. The fourth-order valence-corrected chi connectivity index (χ4v) is 2.45. The van der Waals surface area contributed by atoms with Crippen molar-refractivity contribution >= 4 is 27.5 Å². The Kier molecular flexibility index (Phi) is 5.99. The van der Waals surface area contributed by atoms with Crippen LogP contribution >= 0.6 is 11.6 Å². The number of benzene rings is 1. The van der Waals surface area contributed by atoms with Gasteiger partial charge in [0.15, 0.2) is 0 Å². The summed E-state index contributed by atoms with van der Waals surface area (Å²) in [6.07, 6.45) is 0.683. The summed E-state index contributed by atoms with van der Waals surface area (Å²) in [6.45, 7) is 1.08. The van der Waals surface area contributed by atoms with Crippen molar-refractivity contribution in [2.75, 3.05) is 31.9 Å². The van der Waals surface area contributed by atoms with Crippen molar-refractivity contribution in [3.05, 3.63) is 29.0 Å². The second-order valence-electron chi connectivity index (χ2n) is 4.01. The third-order valence-corrected chi connectivity index (χ3v) is 4.28. The normalized spacial score (nSPS) is 11.8. The van der Waals surface area contributed by atoms with Gasteiger partial charge in [0.25, 0.3) is 0 Å².